The normalized spacial score (nSPS) is 13.5. The zero-order chi connectivity index (χ0) is 22.9. The second-order valence-corrected chi connectivity index (χ2v) is 7.39. The Morgan fingerprint density at radius 1 is 0.750 bits per heavy atom. The zero-order valence-corrected chi connectivity index (χ0v) is 18.8. The predicted octanol–water partition coefficient (Wildman–Crippen LogP) is 2.39. The molecule has 172 valence electrons. The molecule has 1 aliphatic rings. The van der Waals surface area contributed by atoms with Crippen molar-refractivity contribution in [3.63, 3.8) is 0 Å². The number of piperazine rings is 1. The molecule has 1 fully saturated rings. The van der Waals surface area contributed by atoms with E-state index in [1.54, 1.807) is 38.4 Å². The third kappa shape index (κ3) is 5.84. The summed E-state index contributed by atoms with van der Waals surface area (Å²) in [6, 6.07) is 12.9. The van der Waals surface area contributed by atoms with Crippen LogP contribution in [0.15, 0.2) is 42.5 Å². The fraction of sp³-hybridized carbons (Fsp3) is 0.417. The number of carbonyl (C=O) groups is 2. The number of methoxy groups -OCH3 is 3. The second-order valence-electron chi connectivity index (χ2n) is 7.39. The molecule has 0 aromatic heterocycles. The highest BCUT2D eigenvalue weighted by Gasteiger charge is 2.24. The maximum atomic E-state index is 12.6. The van der Waals surface area contributed by atoms with E-state index in [1.165, 1.54) is 0 Å². The van der Waals surface area contributed by atoms with Gasteiger partial charge in [0.15, 0.2) is 29.6 Å². The van der Waals surface area contributed by atoms with Crippen LogP contribution in [0.3, 0.4) is 0 Å². The van der Waals surface area contributed by atoms with E-state index < -0.39 is 0 Å². The summed E-state index contributed by atoms with van der Waals surface area (Å²) in [5, 5.41) is 0. The number of hydrogen-bond donors (Lipinski definition) is 0. The summed E-state index contributed by atoms with van der Waals surface area (Å²) in [6.07, 6.45) is 1.02. The van der Waals surface area contributed by atoms with Crippen LogP contribution in [0.4, 0.5) is 0 Å². The van der Waals surface area contributed by atoms with Gasteiger partial charge in [-0.05, 0) is 36.2 Å². The van der Waals surface area contributed by atoms with Gasteiger partial charge in [-0.25, -0.2) is 0 Å². The molecule has 0 bridgehead atoms. The Morgan fingerprint density at radius 3 is 1.94 bits per heavy atom. The molecule has 1 heterocycles. The molecule has 3 rings (SSSR count). The number of hydrogen-bond acceptors (Lipinski definition) is 6. The van der Waals surface area contributed by atoms with Crippen LogP contribution in [-0.2, 0) is 16.0 Å². The first kappa shape index (κ1) is 23.2. The Labute approximate surface area is 188 Å². The lowest BCUT2D eigenvalue weighted by atomic mass is 10.1. The molecule has 2 amide bonds. The highest BCUT2D eigenvalue weighted by Crippen LogP contribution is 2.28. The molecule has 8 nitrogen and oxygen atoms in total. The summed E-state index contributed by atoms with van der Waals surface area (Å²) < 4.78 is 21.4. The fourth-order valence-corrected chi connectivity index (χ4v) is 3.62. The topological polar surface area (TPSA) is 77.5 Å². The minimum Gasteiger partial charge on any atom is -0.493 e. The molecule has 1 aliphatic heterocycles. The molecular formula is C24H30N2O6. The predicted molar refractivity (Wildman–Crippen MR) is 120 cm³/mol. The van der Waals surface area contributed by atoms with Gasteiger partial charge in [0.2, 0.25) is 5.91 Å². The molecule has 0 N–H and O–H groups in total. The lowest BCUT2D eigenvalue weighted by Crippen LogP contribution is -2.51. The van der Waals surface area contributed by atoms with E-state index in [4.69, 9.17) is 18.9 Å². The van der Waals surface area contributed by atoms with Gasteiger partial charge in [0.05, 0.1) is 21.3 Å². The zero-order valence-electron chi connectivity index (χ0n) is 18.8. The average molecular weight is 443 g/mol. The second kappa shape index (κ2) is 11.3. The maximum Gasteiger partial charge on any atom is 0.260 e. The number of aryl methyl sites for hydroxylation is 1. The van der Waals surface area contributed by atoms with E-state index in [-0.39, 0.29) is 18.4 Å². The van der Waals surface area contributed by atoms with Crippen LogP contribution in [0.2, 0.25) is 0 Å². The lowest BCUT2D eigenvalue weighted by Gasteiger charge is -2.34. The Hall–Kier alpha value is -3.42. The SMILES string of the molecule is COc1ccc(CCC(=O)N2CCN(C(=O)COc3ccccc3OC)CC2)cc1OC. The third-order valence-corrected chi connectivity index (χ3v) is 5.48. The van der Waals surface area contributed by atoms with Crippen LogP contribution in [0.1, 0.15) is 12.0 Å². The molecule has 0 radical (unpaired) electrons. The minimum atomic E-state index is -0.103. The summed E-state index contributed by atoms with van der Waals surface area (Å²) in [7, 11) is 4.75. The van der Waals surface area contributed by atoms with Gasteiger partial charge in [0.25, 0.3) is 5.91 Å². The van der Waals surface area contributed by atoms with Crippen molar-refractivity contribution >= 4 is 11.8 Å². The number of nitrogens with zero attached hydrogens (tertiary/aromatic N) is 2. The molecule has 0 atom stereocenters. The Bertz CT molecular complexity index is 924. The molecule has 2 aromatic carbocycles. The monoisotopic (exact) mass is 442 g/mol. The smallest absolute Gasteiger partial charge is 0.260 e. The molecular weight excluding hydrogens is 412 g/mol. The average Bonchev–Trinajstić information content (AvgIpc) is 2.85. The quantitative estimate of drug-likeness (QED) is 0.594. The van der Waals surface area contributed by atoms with E-state index in [0.717, 1.165) is 5.56 Å². The van der Waals surface area contributed by atoms with Crippen LogP contribution >= 0.6 is 0 Å². The molecule has 1 saturated heterocycles. The Morgan fingerprint density at radius 2 is 1.31 bits per heavy atom. The number of para-hydroxylation sites is 2. The number of rotatable bonds is 9. The van der Waals surface area contributed by atoms with Crippen LogP contribution < -0.4 is 18.9 Å². The van der Waals surface area contributed by atoms with Gasteiger partial charge in [-0.3, -0.25) is 9.59 Å². The molecule has 32 heavy (non-hydrogen) atoms. The van der Waals surface area contributed by atoms with Crippen LogP contribution in [0.5, 0.6) is 23.0 Å². The van der Waals surface area contributed by atoms with Crippen LogP contribution in [0, 0.1) is 0 Å². The van der Waals surface area contributed by atoms with Gasteiger partial charge < -0.3 is 28.7 Å². The first-order valence-electron chi connectivity index (χ1n) is 10.6. The lowest BCUT2D eigenvalue weighted by molar-refractivity contribution is -0.140. The van der Waals surface area contributed by atoms with Crippen molar-refractivity contribution in [2.75, 3.05) is 54.1 Å². The number of benzene rings is 2. The largest absolute Gasteiger partial charge is 0.493 e. The Kier molecular flexibility index (Phi) is 8.19. The maximum absolute atomic E-state index is 12.6. The van der Waals surface area contributed by atoms with Crippen molar-refractivity contribution in [1.29, 1.82) is 0 Å². The van der Waals surface area contributed by atoms with E-state index in [1.807, 2.05) is 35.2 Å². The van der Waals surface area contributed by atoms with Gasteiger partial charge in [-0.2, -0.15) is 0 Å². The van der Waals surface area contributed by atoms with Gasteiger partial charge in [0, 0.05) is 32.6 Å². The molecule has 8 heteroatoms. The van der Waals surface area contributed by atoms with Gasteiger partial charge in [-0.15, -0.1) is 0 Å². The number of ether oxygens (including phenoxy) is 4. The van der Waals surface area contributed by atoms with E-state index in [2.05, 4.69) is 0 Å². The van der Waals surface area contributed by atoms with Gasteiger partial charge in [-0.1, -0.05) is 18.2 Å². The van der Waals surface area contributed by atoms with Crippen LogP contribution in [0.25, 0.3) is 0 Å². The highest BCUT2D eigenvalue weighted by atomic mass is 16.5. The molecule has 0 spiro atoms. The molecule has 2 aromatic rings. The van der Waals surface area contributed by atoms with E-state index >= 15 is 0 Å². The first-order chi connectivity index (χ1) is 15.5. The first-order valence-corrected chi connectivity index (χ1v) is 10.6. The standard InChI is InChI=1S/C24H30N2O6/c1-29-19-6-4-5-7-21(19)32-17-24(28)26-14-12-25(13-15-26)23(27)11-9-18-8-10-20(30-2)22(16-18)31-3/h4-8,10,16H,9,11-15,17H2,1-3H3. The number of amides is 2. The summed E-state index contributed by atoms with van der Waals surface area (Å²) in [6.45, 7) is 1.97. The summed E-state index contributed by atoms with van der Waals surface area (Å²) in [4.78, 5) is 28.7. The summed E-state index contributed by atoms with van der Waals surface area (Å²) in [5.41, 5.74) is 1.01. The molecule has 0 unspecified atom stereocenters. The number of carbonyl (C=O) groups excluding carboxylic acids is 2. The van der Waals surface area contributed by atoms with Crippen molar-refractivity contribution in [3.8, 4) is 23.0 Å². The Balaban J connectivity index is 1.43. The van der Waals surface area contributed by atoms with Crippen molar-refractivity contribution < 1.29 is 28.5 Å². The van der Waals surface area contributed by atoms with E-state index in [9.17, 15) is 9.59 Å². The van der Waals surface area contributed by atoms with Crippen molar-refractivity contribution in [2.45, 2.75) is 12.8 Å². The fourth-order valence-electron chi connectivity index (χ4n) is 3.62. The summed E-state index contributed by atoms with van der Waals surface area (Å²) in [5.74, 6) is 2.42. The van der Waals surface area contributed by atoms with Gasteiger partial charge >= 0.3 is 0 Å². The minimum absolute atomic E-state index is 0.0619. The molecule has 0 aliphatic carbocycles. The van der Waals surface area contributed by atoms with E-state index in [0.29, 0.717) is 62.0 Å². The molecule has 0 saturated carbocycles. The third-order valence-electron chi connectivity index (χ3n) is 5.48. The summed E-state index contributed by atoms with van der Waals surface area (Å²) >= 11 is 0. The van der Waals surface area contributed by atoms with Crippen molar-refractivity contribution in [3.05, 3.63) is 48.0 Å². The van der Waals surface area contributed by atoms with Crippen molar-refractivity contribution in [2.24, 2.45) is 0 Å². The van der Waals surface area contributed by atoms with Crippen molar-refractivity contribution in [1.82, 2.24) is 9.80 Å². The highest BCUT2D eigenvalue weighted by molar-refractivity contribution is 5.79. The van der Waals surface area contributed by atoms with Gasteiger partial charge in [0.1, 0.15) is 0 Å². The van der Waals surface area contributed by atoms with Crippen LogP contribution in [-0.4, -0.2) is 75.7 Å².